The number of piperazine rings is 1. The molecular weight excluding hydrogens is 634 g/mol. The van der Waals surface area contributed by atoms with E-state index in [0.29, 0.717) is 51.8 Å². The quantitative estimate of drug-likeness (QED) is 0.264. The molecule has 1 aliphatic carbocycles. The molecule has 2 atom stereocenters. The first-order valence-corrected chi connectivity index (χ1v) is 17.3. The van der Waals surface area contributed by atoms with E-state index >= 15 is 0 Å². The summed E-state index contributed by atoms with van der Waals surface area (Å²) in [6.07, 6.45) is 8.57. The number of nitrogens with zero attached hydrogens (tertiary/aromatic N) is 8. The molecule has 0 saturated carbocycles. The Balaban J connectivity index is 1.07. The number of aromatic nitrogens is 6. The number of aliphatic hydroxyl groups is 1. The van der Waals surface area contributed by atoms with Crippen LogP contribution in [0.15, 0.2) is 64.8 Å². The van der Waals surface area contributed by atoms with Gasteiger partial charge in [-0.05, 0) is 73.6 Å². The Bertz CT molecular complexity index is 2220. The second-order valence-corrected chi connectivity index (χ2v) is 14.9. The molecule has 2 N–H and O–H groups in total. The molecular formula is C37H43N9O4. The molecule has 2 aliphatic heterocycles. The van der Waals surface area contributed by atoms with E-state index in [1.165, 1.54) is 9.25 Å². The first kappa shape index (κ1) is 32.4. The summed E-state index contributed by atoms with van der Waals surface area (Å²) in [7, 11) is 1.68. The molecule has 0 aromatic carbocycles. The van der Waals surface area contributed by atoms with E-state index in [1.807, 2.05) is 28.8 Å². The summed E-state index contributed by atoms with van der Waals surface area (Å²) in [5, 5.41) is 18.3. The van der Waals surface area contributed by atoms with Crippen molar-refractivity contribution in [2.45, 2.75) is 65.3 Å². The number of aliphatic hydroxyl groups excluding tert-OH is 1. The van der Waals surface area contributed by atoms with Crippen LogP contribution in [0.4, 0.5) is 17.2 Å². The largest absolute Gasteiger partial charge is 0.392 e. The van der Waals surface area contributed by atoms with Crippen molar-refractivity contribution in [1.29, 1.82) is 0 Å². The van der Waals surface area contributed by atoms with Crippen molar-refractivity contribution < 1.29 is 9.84 Å². The molecule has 3 aliphatic rings. The van der Waals surface area contributed by atoms with Crippen LogP contribution < -0.4 is 21.3 Å². The van der Waals surface area contributed by atoms with Crippen molar-refractivity contribution in [3.05, 3.63) is 92.8 Å². The normalized spacial score (nSPS) is 20.6. The first-order valence-electron chi connectivity index (χ1n) is 17.3. The van der Waals surface area contributed by atoms with Gasteiger partial charge in [-0.3, -0.25) is 18.9 Å². The second-order valence-electron chi connectivity index (χ2n) is 14.9. The summed E-state index contributed by atoms with van der Waals surface area (Å²) in [5.74, 6) is 0.781. The molecule has 13 nitrogen and oxygen atoms in total. The van der Waals surface area contributed by atoms with Gasteiger partial charge < -0.3 is 24.6 Å². The predicted octanol–water partition coefficient (Wildman–Crippen LogP) is 3.30. The Hall–Kier alpha value is -4.85. The minimum Gasteiger partial charge on any atom is -0.392 e. The molecule has 0 amide bonds. The van der Waals surface area contributed by atoms with Crippen molar-refractivity contribution in [1.82, 2.24) is 33.6 Å². The van der Waals surface area contributed by atoms with E-state index < -0.39 is 6.61 Å². The zero-order valence-electron chi connectivity index (χ0n) is 29.1. The number of rotatable bonds is 7. The van der Waals surface area contributed by atoms with Gasteiger partial charge in [0.25, 0.3) is 11.1 Å². The maximum absolute atomic E-state index is 13.8. The third kappa shape index (κ3) is 5.49. The lowest BCUT2D eigenvalue weighted by Gasteiger charge is -2.50. The Morgan fingerprint density at radius 1 is 1.02 bits per heavy atom. The molecule has 0 unspecified atom stereocenters. The lowest BCUT2D eigenvalue weighted by atomic mass is 9.90. The summed E-state index contributed by atoms with van der Waals surface area (Å²) < 4.78 is 10.1. The van der Waals surface area contributed by atoms with Gasteiger partial charge in [0.15, 0.2) is 5.82 Å². The van der Waals surface area contributed by atoms with Crippen molar-refractivity contribution in [2.75, 3.05) is 36.5 Å². The lowest BCUT2D eigenvalue weighted by molar-refractivity contribution is -0.0828. The molecule has 5 aromatic heterocycles. The van der Waals surface area contributed by atoms with E-state index in [4.69, 9.17) is 4.74 Å². The summed E-state index contributed by atoms with van der Waals surface area (Å²) in [6.45, 7) is 12.0. The Kier molecular flexibility index (Phi) is 7.88. The number of hydrogen-bond donors (Lipinski definition) is 2. The lowest BCUT2D eigenvalue weighted by Crippen LogP contribution is -2.63. The second kappa shape index (κ2) is 12.2. The highest BCUT2D eigenvalue weighted by Crippen LogP contribution is 2.37. The van der Waals surface area contributed by atoms with Gasteiger partial charge >= 0.3 is 0 Å². The van der Waals surface area contributed by atoms with Crippen LogP contribution in [0.3, 0.4) is 0 Å². The Morgan fingerprint density at radius 2 is 1.84 bits per heavy atom. The van der Waals surface area contributed by atoms with Gasteiger partial charge in [-0.1, -0.05) is 13.8 Å². The average molecular weight is 678 g/mol. The van der Waals surface area contributed by atoms with Crippen LogP contribution in [0.5, 0.6) is 0 Å². The minimum absolute atomic E-state index is 0.141. The molecule has 50 heavy (non-hydrogen) atoms. The fraction of sp³-hybridized carbons (Fsp3) is 0.432. The van der Waals surface area contributed by atoms with Crippen LogP contribution >= 0.6 is 0 Å². The Labute approximate surface area is 289 Å². The molecule has 260 valence electrons. The summed E-state index contributed by atoms with van der Waals surface area (Å²) in [5.41, 5.74) is 5.48. The van der Waals surface area contributed by atoms with Crippen LogP contribution in [0.25, 0.3) is 22.5 Å². The number of aryl methyl sites for hydroxylation is 1. The molecule has 13 heteroatoms. The predicted molar refractivity (Wildman–Crippen MR) is 191 cm³/mol. The maximum Gasteiger partial charge on any atom is 0.297 e. The molecule has 0 bridgehead atoms. The monoisotopic (exact) mass is 677 g/mol. The van der Waals surface area contributed by atoms with Gasteiger partial charge in [0.05, 0.1) is 37.7 Å². The van der Waals surface area contributed by atoms with Crippen molar-refractivity contribution >= 4 is 22.7 Å². The van der Waals surface area contributed by atoms with Gasteiger partial charge in [0.1, 0.15) is 23.3 Å². The van der Waals surface area contributed by atoms with Gasteiger partial charge in [-0.2, -0.15) is 9.78 Å². The summed E-state index contributed by atoms with van der Waals surface area (Å²) >= 11 is 0. The van der Waals surface area contributed by atoms with Gasteiger partial charge in [0.2, 0.25) is 0 Å². The first-order chi connectivity index (χ1) is 24.0. The number of anilines is 3. The van der Waals surface area contributed by atoms with Crippen LogP contribution in [-0.4, -0.2) is 83.2 Å². The number of ether oxygens (including phenoxy) is 1. The van der Waals surface area contributed by atoms with Gasteiger partial charge in [0, 0.05) is 61.4 Å². The van der Waals surface area contributed by atoms with Gasteiger partial charge in [-0.15, -0.1) is 0 Å². The summed E-state index contributed by atoms with van der Waals surface area (Å²) in [6, 6.07) is 10.6. The highest BCUT2D eigenvalue weighted by atomic mass is 16.5. The van der Waals surface area contributed by atoms with Crippen molar-refractivity contribution in [3.8, 4) is 16.9 Å². The van der Waals surface area contributed by atoms with Crippen LogP contribution in [0.2, 0.25) is 0 Å². The van der Waals surface area contributed by atoms with Crippen LogP contribution in [-0.2, 0) is 31.2 Å². The van der Waals surface area contributed by atoms with Gasteiger partial charge in [-0.25, -0.2) is 9.97 Å². The average Bonchev–Trinajstić information content (AvgIpc) is 3.56. The number of nitrogens with one attached hydrogen (secondary N) is 1. The highest BCUT2D eigenvalue weighted by molar-refractivity contribution is 5.73. The molecule has 5 aromatic rings. The van der Waals surface area contributed by atoms with E-state index in [1.54, 1.807) is 37.9 Å². The number of hydrogen-bond acceptors (Lipinski definition) is 10. The van der Waals surface area contributed by atoms with E-state index in [0.717, 1.165) is 56.1 Å². The third-order valence-electron chi connectivity index (χ3n) is 10.6. The maximum atomic E-state index is 13.8. The molecule has 2 saturated heterocycles. The molecule has 8 rings (SSSR count). The molecule has 0 spiro atoms. The molecule has 2 fully saturated rings. The molecule has 7 heterocycles. The smallest absolute Gasteiger partial charge is 0.297 e. The number of fused-ring (bicyclic) bond motifs is 3. The SMILES string of the molecule is C[C@@H]1CN(c2ccc(Nc3cc(-c4ccnc(-n5ncn6c7c(cc6c5=O)CC(C)(C)C7)c4CO)cn(C)c3=O)nc2)[C@@H](C)CN1C1COC1. The topological polar surface area (TPSA) is 135 Å². The van der Waals surface area contributed by atoms with Crippen LogP contribution in [0, 0.1) is 5.41 Å². The number of pyridine rings is 3. The highest BCUT2D eigenvalue weighted by Gasteiger charge is 2.36. The minimum atomic E-state index is -0.391. The van der Waals surface area contributed by atoms with E-state index in [2.05, 4.69) is 57.9 Å². The fourth-order valence-electron chi connectivity index (χ4n) is 7.96. The van der Waals surface area contributed by atoms with Crippen LogP contribution in [0.1, 0.15) is 44.5 Å². The van der Waals surface area contributed by atoms with Crippen molar-refractivity contribution in [2.24, 2.45) is 12.5 Å². The zero-order chi connectivity index (χ0) is 34.9. The zero-order valence-corrected chi connectivity index (χ0v) is 29.1. The standard InChI is InChI=1S/C37H43N9O4/c1-22-16-44(27-19-50-20-27)23(2)15-43(22)26-6-7-33(39-14-26)41-30-10-25(17-42(5)35(30)48)28-8-9-38-34(29(28)18-47)46-36(49)31-11-24-12-37(3,4)13-32(24)45(31)21-40-46/h6-11,14,17,21-23,27,47H,12-13,15-16,18-20H2,1-5H3,(H,39,41)/t22-,23+/m0/s1. The summed E-state index contributed by atoms with van der Waals surface area (Å²) in [4.78, 5) is 41.2. The fourth-order valence-corrected chi connectivity index (χ4v) is 7.96. The van der Waals surface area contributed by atoms with E-state index in [-0.39, 0.29) is 22.4 Å². The van der Waals surface area contributed by atoms with E-state index in [9.17, 15) is 14.7 Å². The van der Waals surface area contributed by atoms with Crippen molar-refractivity contribution in [3.63, 3.8) is 0 Å². The third-order valence-corrected chi connectivity index (χ3v) is 10.6. The molecule has 0 radical (unpaired) electrons. The Morgan fingerprint density at radius 3 is 2.56 bits per heavy atom.